The number of aromatic nitrogens is 2. The van der Waals surface area contributed by atoms with Gasteiger partial charge in [0.05, 0.1) is 36.8 Å². The van der Waals surface area contributed by atoms with Crippen molar-refractivity contribution in [3.05, 3.63) is 101 Å². The SMILES string of the molecule is COc1ccc(N2C(=S)NC(c3ccccn3)C2c2cc(C)n(-c3cccc(F)c3)c2C)cc1NS(C)(=O)=O. The molecule has 2 aromatic heterocycles. The number of sulfonamides is 1. The van der Waals surface area contributed by atoms with Crippen molar-refractivity contribution in [2.24, 2.45) is 0 Å². The molecule has 0 amide bonds. The number of hydrogen-bond acceptors (Lipinski definition) is 5. The van der Waals surface area contributed by atoms with Gasteiger partial charge in [-0.25, -0.2) is 12.8 Å². The average Bonchev–Trinajstić information content (AvgIpc) is 3.38. The predicted octanol–water partition coefficient (Wildman–Crippen LogP) is 5.19. The van der Waals surface area contributed by atoms with Gasteiger partial charge in [-0.3, -0.25) is 9.71 Å². The zero-order valence-electron chi connectivity index (χ0n) is 21.8. The second-order valence-electron chi connectivity index (χ2n) is 9.40. The number of nitrogens with zero attached hydrogens (tertiary/aromatic N) is 3. The van der Waals surface area contributed by atoms with E-state index in [4.69, 9.17) is 17.0 Å². The summed E-state index contributed by atoms with van der Waals surface area (Å²) in [6, 6.07) is 18.8. The Labute approximate surface area is 232 Å². The molecule has 5 rings (SSSR count). The molecule has 8 nitrogen and oxygen atoms in total. The summed E-state index contributed by atoms with van der Waals surface area (Å²) in [5.74, 6) is 0.0618. The summed E-state index contributed by atoms with van der Waals surface area (Å²) in [6.07, 6.45) is 2.82. The molecule has 2 unspecified atom stereocenters. The van der Waals surface area contributed by atoms with Crippen molar-refractivity contribution in [3.63, 3.8) is 0 Å². The Hall–Kier alpha value is -3.96. The lowest BCUT2D eigenvalue weighted by molar-refractivity contribution is 0.417. The van der Waals surface area contributed by atoms with Crippen LogP contribution in [-0.2, 0) is 10.0 Å². The van der Waals surface area contributed by atoms with Crippen LogP contribution < -0.4 is 19.7 Å². The molecular weight excluding hydrogens is 537 g/mol. The zero-order valence-corrected chi connectivity index (χ0v) is 23.5. The van der Waals surface area contributed by atoms with Crippen molar-refractivity contribution in [2.45, 2.75) is 25.9 Å². The van der Waals surface area contributed by atoms with Gasteiger partial charge in [-0.1, -0.05) is 12.1 Å². The molecular formula is C28H28FN5O3S2. The van der Waals surface area contributed by atoms with Gasteiger partial charge < -0.3 is 19.5 Å². The van der Waals surface area contributed by atoms with E-state index < -0.39 is 10.0 Å². The van der Waals surface area contributed by atoms with Gasteiger partial charge in [-0.05, 0) is 86.2 Å². The van der Waals surface area contributed by atoms with Gasteiger partial charge in [-0.2, -0.15) is 0 Å². The van der Waals surface area contributed by atoms with Crippen LogP contribution in [0.15, 0.2) is 72.9 Å². The molecule has 0 radical (unpaired) electrons. The standard InChI is InChI=1S/C28H28FN5O3S2/c1-17-14-22(18(2)33(17)20-9-7-8-19(29)15-20)27-26(23-10-5-6-13-30-23)31-28(38)34(27)21-11-12-25(37-3)24(16-21)32-39(4,35)36/h5-16,26-27,32H,1-4H3,(H,31,38). The summed E-state index contributed by atoms with van der Waals surface area (Å²) in [4.78, 5) is 6.56. The molecule has 202 valence electrons. The molecule has 2 N–H and O–H groups in total. The first-order valence-corrected chi connectivity index (χ1v) is 14.5. The van der Waals surface area contributed by atoms with Crippen molar-refractivity contribution in [3.8, 4) is 11.4 Å². The largest absolute Gasteiger partial charge is 0.495 e. The van der Waals surface area contributed by atoms with Crippen LogP contribution in [0.2, 0.25) is 0 Å². The molecule has 0 aliphatic carbocycles. The minimum atomic E-state index is -3.57. The molecule has 1 fully saturated rings. The smallest absolute Gasteiger partial charge is 0.229 e. The Bertz CT molecular complexity index is 1660. The van der Waals surface area contributed by atoms with E-state index in [9.17, 15) is 12.8 Å². The molecule has 3 heterocycles. The van der Waals surface area contributed by atoms with E-state index in [2.05, 4.69) is 21.1 Å². The van der Waals surface area contributed by atoms with Crippen LogP contribution >= 0.6 is 12.2 Å². The van der Waals surface area contributed by atoms with E-state index in [0.29, 0.717) is 22.2 Å². The minimum absolute atomic E-state index is 0.297. The third-order valence-corrected chi connectivity index (χ3v) is 7.62. The van der Waals surface area contributed by atoms with E-state index >= 15 is 0 Å². The monoisotopic (exact) mass is 565 g/mol. The van der Waals surface area contributed by atoms with Crippen LogP contribution in [0, 0.1) is 19.7 Å². The second kappa shape index (κ2) is 10.3. The fraction of sp³-hybridized carbons (Fsp3) is 0.214. The topological polar surface area (TPSA) is 88.5 Å². The van der Waals surface area contributed by atoms with Gasteiger partial charge in [0.25, 0.3) is 0 Å². The van der Waals surface area contributed by atoms with Crippen LogP contribution in [0.4, 0.5) is 15.8 Å². The number of halogens is 1. The lowest BCUT2D eigenvalue weighted by atomic mass is 9.96. The van der Waals surface area contributed by atoms with E-state index in [0.717, 1.165) is 34.6 Å². The van der Waals surface area contributed by atoms with Crippen LogP contribution in [0.25, 0.3) is 5.69 Å². The number of benzene rings is 2. The number of ether oxygens (including phenoxy) is 1. The maximum absolute atomic E-state index is 14.1. The lowest BCUT2D eigenvalue weighted by Crippen LogP contribution is -2.29. The van der Waals surface area contributed by atoms with Gasteiger partial charge >= 0.3 is 0 Å². The summed E-state index contributed by atoms with van der Waals surface area (Å²) in [5.41, 5.74) is 5.29. The highest BCUT2D eigenvalue weighted by Gasteiger charge is 2.42. The summed E-state index contributed by atoms with van der Waals surface area (Å²) in [6.45, 7) is 3.97. The summed E-state index contributed by atoms with van der Waals surface area (Å²) in [7, 11) is -2.09. The number of anilines is 2. The summed E-state index contributed by atoms with van der Waals surface area (Å²) < 4.78 is 48.2. The van der Waals surface area contributed by atoms with E-state index in [1.165, 1.54) is 19.2 Å². The van der Waals surface area contributed by atoms with Crippen molar-refractivity contribution in [1.82, 2.24) is 14.9 Å². The first-order valence-electron chi connectivity index (χ1n) is 12.2. The van der Waals surface area contributed by atoms with Gasteiger partial charge in [0.2, 0.25) is 10.0 Å². The van der Waals surface area contributed by atoms with Crippen LogP contribution in [0.5, 0.6) is 5.75 Å². The number of rotatable bonds is 7. The van der Waals surface area contributed by atoms with E-state index in [1.54, 1.807) is 24.4 Å². The summed E-state index contributed by atoms with van der Waals surface area (Å²) in [5, 5.41) is 3.88. The van der Waals surface area contributed by atoms with Gasteiger partial charge in [0.1, 0.15) is 11.6 Å². The molecule has 1 aliphatic heterocycles. The van der Waals surface area contributed by atoms with E-state index in [1.807, 2.05) is 53.6 Å². The Kier molecular flexibility index (Phi) is 7.04. The third-order valence-electron chi connectivity index (χ3n) is 6.71. The Morgan fingerprint density at radius 1 is 1.05 bits per heavy atom. The van der Waals surface area contributed by atoms with Gasteiger partial charge in [0.15, 0.2) is 5.11 Å². The highest BCUT2D eigenvalue weighted by molar-refractivity contribution is 7.92. The molecule has 0 saturated carbocycles. The van der Waals surface area contributed by atoms with Crippen LogP contribution in [0.1, 0.15) is 34.7 Å². The molecule has 0 spiro atoms. The van der Waals surface area contributed by atoms with E-state index in [-0.39, 0.29) is 17.9 Å². The minimum Gasteiger partial charge on any atom is -0.495 e. The number of pyridine rings is 1. The predicted molar refractivity (Wildman–Crippen MR) is 155 cm³/mol. The van der Waals surface area contributed by atoms with Gasteiger partial charge in [-0.15, -0.1) is 0 Å². The molecule has 39 heavy (non-hydrogen) atoms. The molecule has 1 saturated heterocycles. The van der Waals surface area contributed by atoms with Crippen molar-refractivity contribution in [2.75, 3.05) is 23.0 Å². The molecule has 4 aromatic rings. The van der Waals surface area contributed by atoms with Gasteiger partial charge in [0, 0.05) is 29.0 Å². The van der Waals surface area contributed by atoms with Crippen molar-refractivity contribution in [1.29, 1.82) is 0 Å². The number of hydrogen-bond donors (Lipinski definition) is 2. The average molecular weight is 566 g/mol. The highest BCUT2D eigenvalue weighted by Crippen LogP contribution is 2.45. The first kappa shape index (κ1) is 26.6. The molecule has 2 aromatic carbocycles. The number of methoxy groups -OCH3 is 1. The Morgan fingerprint density at radius 2 is 1.85 bits per heavy atom. The first-order chi connectivity index (χ1) is 18.6. The van der Waals surface area contributed by atoms with Crippen molar-refractivity contribution < 1.29 is 17.5 Å². The van der Waals surface area contributed by atoms with Crippen LogP contribution in [0.3, 0.4) is 0 Å². The van der Waals surface area contributed by atoms with Crippen LogP contribution in [-0.4, -0.2) is 36.4 Å². The fourth-order valence-electron chi connectivity index (χ4n) is 5.17. The normalized spacial score (nSPS) is 17.3. The number of aryl methyl sites for hydroxylation is 1. The maximum atomic E-state index is 14.1. The fourth-order valence-corrected chi connectivity index (χ4v) is 6.08. The highest BCUT2D eigenvalue weighted by atomic mass is 32.2. The quantitative estimate of drug-likeness (QED) is 0.298. The number of nitrogens with one attached hydrogen (secondary N) is 2. The summed E-state index contributed by atoms with van der Waals surface area (Å²) >= 11 is 5.85. The zero-order chi connectivity index (χ0) is 27.9. The second-order valence-corrected chi connectivity index (χ2v) is 11.5. The lowest BCUT2D eigenvalue weighted by Gasteiger charge is -2.29. The Morgan fingerprint density at radius 3 is 2.51 bits per heavy atom. The molecule has 1 aliphatic rings. The molecule has 11 heteroatoms. The maximum Gasteiger partial charge on any atom is 0.229 e. The number of thiocarbonyl (C=S) groups is 1. The molecule has 0 bridgehead atoms. The van der Waals surface area contributed by atoms with Crippen molar-refractivity contribution >= 4 is 38.7 Å². The molecule has 2 atom stereocenters. The Balaban J connectivity index is 1.69. The third kappa shape index (κ3) is 5.19.